The molecule has 0 radical (unpaired) electrons. The highest BCUT2D eigenvalue weighted by Gasteiger charge is 2.49. The molecule has 2 atom stereocenters. The van der Waals surface area contributed by atoms with Gasteiger partial charge in [0.15, 0.2) is 5.82 Å². The number of fused-ring (bicyclic) bond motifs is 3. The van der Waals surface area contributed by atoms with Crippen molar-refractivity contribution < 1.29 is 32.0 Å². The van der Waals surface area contributed by atoms with E-state index in [1.54, 1.807) is 40.8 Å². The van der Waals surface area contributed by atoms with Crippen molar-refractivity contribution in [3.8, 4) is 17.3 Å². The number of alkyl halides is 1. The number of hydrogen-bond acceptors (Lipinski definition) is 7. The van der Waals surface area contributed by atoms with Gasteiger partial charge in [0.2, 0.25) is 0 Å². The SMILES string of the molecule is C[N+](=C1CCN(C(=O)OC(C)(C)C)C1)c1nc(OC[C@]23CCCN2C[C@H](F)C3)nc2c(F)c(-c3cccc4ccc(F)c(Cl)c34)ncc12. The van der Waals surface area contributed by atoms with Crippen LogP contribution in [0.15, 0.2) is 36.5 Å². The number of carbonyl (C=O) groups excluding carboxylic acids is 1. The van der Waals surface area contributed by atoms with Crippen molar-refractivity contribution in [2.24, 2.45) is 0 Å². The second kappa shape index (κ2) is 12.1. The van der Waals surface area contributed by atoms with Gasteiger partial charge in [-0.3, -0.25) is 9.88 Å². The van der Waals surface area contributed by atoms with E-state index in [1.807, 2.05) is 20.8 Å². The fraction of sp³-hybridized carbons (Fsp3) is 0.457. The standard InChI is InChI=1S/C35H37ClF3N6O3/c1-34(2,3)48-33(46)44-14-11-22(18-44)43(4)31-24-16-40-29(23-8-5-7-20-9-10-25(38)27(36)26(20)23)28(39)30(24)41-32(42-31)47-19-35-12-6-13-45(35)17-21(37)15-35/h5,7-10,16,21H,6,11-15,17-19H2,1-4H3/q+1/t21-,35-/m1/s1. The van der Waals surface area contributed by atoms with Crippen LogP contribution >= 0.6 is 11.6 Å². The Balaban J connectivity index is 1.33. The predicted molar refractivity (Wildman–Crippen MR) is 177 cm³/mol. The summed E-state index contributed by atoms with van der Waals surface area (Å²) in [5.74, 6) is -1.04. The summed E-state index contributed by atoms with van der Waals surface area (Å²) in [5.41, 5.74) is -0.0497. The van der Waals surface area contributed by atoms with Crippen LogP contribution in [0.1, 0.15) is 46.5 Å². The summed E-state index contributed by atoms with van der Waals surface area (Å²) >= 11 is 6.40. The summed E-state index contributed by atoms with van der Waals surface area (Å²) in [7, 11) is 1.79. The number of ether oxygens (including phenoxy) is 2. The summed E-state index contributed by atoms with van der Waals surface area (Å²) in [5, 5.41) is 1.14. The fourth-order valence-electron chi connectivity index (χ4n) is 7.23. The lowest BCUT2D eigenvalue weighted by atomic mass is 9.95. The number of pyridine rings is 1. The Kier molecular flexibility index (Phi) is 8.22. The zero-order valence-electron chi connectivity index (χ0n) is 27.3. The van der Waals surface area contributed by atoms with E-state index in [-0.39, 0.29) is 35.4 Å². The van der Waals surface area contributed by atoms with Crippen molar-refractivity contribution in [2.75, 3.05) is 39.8 Å². The van der Waals surface area contributed by atoms with Crippen LogP contribution in [-0.4, -0.2) is 98.3 Å². The molecule has 9 nitrogen and oxygen atoms in total. The first-order valence-corrected chi connectivity index (χ1v) is 16.5. The number of halogens is 4. The lowest BCUT2D eigenvalue weighted by molar-refractivity contribution is -0.409. The molecule has 1 amide bonds. The quantitative estimate of drug-likeness (QED) is 0.208. The molecule has 5 heterocycles. The van der Waals surface area contributed by atoms with Crippen molar-refractivity contribution in [1.29, 1.82) is 0 Å². The van der Waals surface area contributed by atoms with Crippen molar-refractivity contribution in [3.63, 3.8) is 0 Å². The molecule has 2 aromatic heterocycles. The minimum Gasteiger partial charge on any atom is -0.444 e. The van der Waals surface area contributed by atoms with Gasteiger partial charge in [-0.25, -0.2) is 22.5 Å². The van der Waals surface area contributed by atoms with Crippen molar-refractivity contribution >= 4 is 50.9 Å². The van der Waals surface area contributed by atoms with Crippen molar-refractivity contribution in [3.05, 3.63) is 53.2 Å². The van der Waals surface area contributed by atoms with Gasteiger partial charge < -0.3 is 14.4 Å². The van der Waals surface area contributed by atoms with E-state index >= 15 is 4.39 Å². The van der Waals surface area contributed by atoms with Crippen LogP contribution in [0.5, 0.6) is 6.01 Å². The molecular formula is C35H37ClF3N6O3+. The molecule has 13 heteroatoms. The minimum absolute atomic E-state index is 0.0467. The molecule has 0 N–H and O–H groups in total. The Morgan fingerprint density at radius 2 is 1.98 bits per heavy atom. The maximum atomic E-state index is 16.7. The van der Waals surface area contributed by atoms with Gasteiger partial charge in [0.1, 0.15) is 46.5 Å². The summed E-state index contributed by atoms with van der Waals surface area (Å²) < 4.78 is 59.4. The van der Waals surface area contributed by atoms with Crippen LogP contribution in [0.25, 0.3) is 32.9 Å². The molecular weight excluding hydrogens is 645 g/mol. The maximum Gasteiger partial charge on any atom is 0.434 e. The van der Waals surface area contributed by atoms with Gasteiger partial charge in [-0.15, -0.1) is 0 Å². The third kappa shape index (κ3) is 5.83. The molecule has 7 rings (SSSR count). The number of likely N-dealkylation sites (tertiary alicyclic amines) is 1. The normalized spacial score (nSPS) is 22.5. The first-order valence-electron chi connectivity index (χ1n) is 16.2. The van der Waals surface area contributed by atoms with Crippen LogP contribution in [0.3, 0.4) is 0 Å². The Hall–Kier alpha value is -4.03. The summed E-state index contributed by atoms with van der Waals surface area (Å²) in [4.78, 5) is 30.3. The highest BCUT2D eigenvalue weighted by atomic mass is 35.5. The van der Waals surface area contributed by atoms with Gasteiger partial charge in [0.05, 0.1) is 24.2 Å². The number of rotatable bonds is 5. The van der Waals surface area contributed by atoms with Crippen molar-refractivity contribution in [1.82, 2.24) is 24.8 Å². The highest BCUT2D eigenvalue weighted by molar-refractivity contribution is 6.36. The van der Waals surface area contributed by atoms with E-state index < -0.39 is 35.0 Å². The Labute approximate surface area is 281 Å². The molecule has 0 spiro atoms. The van der Waals surface area contributed by atoms with Crippen molar-refractivity contribution in [2.45, 2.75) is 63.8 Å². The number of amides is 1. The number of nitrogens with zero attached hydrogens (tertiary/aromatic N) is 6. The molecule has 3 saturated heterocycles. The summed E-state index contributed by atoms with van der Waals surface area (Å²) in [6, 6.07) is 7.91. The summed E-state index contributed by atoms with van der Waals surface area (Å²) in [6.07, 6.45) is 2.74. The minimum atomic E-state index is -0.941. The topological polar surface area (TPSA) is 83.7 Å². The first-order chi connectivity index (χ1) is 22.8. The molecule has 3 aliphatic heterocycles. The third-order valence-corrected chi connectivity index (χ3v) is 9.92. The van der Waals surface area contributed by atoms with Gasteiger partial charge in [-0.05, 0) is 51.6 Å². The molecule has 0 saturated carbocycles. The average Bonchev–Trinajstić information content (AvgIpc) is 3.75. The summed E-state index contributed by atoms with van der Waals surface area (Å²) in [6.45, 7) is 7.48. The Morgan fingerprint density at radius 3 is 2.77 bits per heavy atom. The van der Waals surface area contributed by atoms with E-state index in [2.05, 4.69) is 14.9 Å². The predicted octanol–water partition coefficient (Wildman–Crippen LogP) is 7.09. The molecule has 252 valence electrons. The van der Waals surface area contributed by atoms with E-state index in [4.69, 9.17) is 26.1 Å². The Bertz CT molecular complexity index is 1990. The molecule has 4 aromatic rings. The van der Waals surface area contributed by atoms with Gasteiger partial charge in [-0.1, -0.05) is 35.9 Å². The van der Waals surface area contributed by atoms with Gasteiger partial charge >= 0.3 is 17.9 Å². The van der Waals surface area contributed by atoms with Gasteiger partial charge in [0, 0.05) is 48.1 Å². The molecule has 0 bridgehead atoms. The van der Waals surface area contributed by atoms with E-state index in [0.29, 0.717) is 53.5 Å². The van der Waals surface area contributed by atoms with E-state index in [9.17, 15) is 13.6 Å². The number of aromatic nitrogens is 3. The number of benzene rings is 2. The second-order valence-corrected chi connectivity index (χ2v) is 14.3. The fourth-order valence-corrected chi connectivity index (χ4v) is 7.51. The van der Waals surface area contributed by atoms with Gasteiger partial charge in [0.25, 0.3) is 0 Å². The highest BCUT2D eigenvalue weighted by Crippen LogP contribution is 2.41. The maximum absolute atomic E-state index is 16.7. The third-order valence-electron chi connectivity index (χ3n) is 9.55. The largest absolute Gasteiger partial charge is 0.444 e. The van der Waals surface area contributed by atoms with Crippen LogP contribution in [0.2, 0.25) is 5.02 Å². The number of carbonyl (C=O) groups is 1. The molecule has 0 aliphatic carbocycles. The van der Waals surface area contributed by atoms with E-state index in [1.165, 1.54) is 12.3 Å². The van der Waals surface area contributed by atoms with Crippen LogP contribution < -0.4 is 4.74 Å². The monoisotopic (exact) mass is 681 g/mol. The van der Waals surface area contributed by atoms with Crippen LogP contribution in [0, 0.1) is 11.6 Å². The first kappa shape index (κ1) is 32.5. The molecule has 3 aliphatic rings. The lowest BCUT2D eigenvalue weighted by Gasteiger charge is -2.30. The smallest absolute Gasteiger partial charge is 0.434 e. The molecule has 2 aromatic carbocycles. The zero-order chi connectivity index (χ0) is 34.0. The van der Waals surface area contributed by atoms with Crippen LogP contribution in [0.4, 0.5) is 23.8 Å². The number of hydrogen-bond donors (Lipinski definition) is 0. The second-order valence-electron chi connectivity index (χ2n) is 13.9. The average molecular weight is 682 g/mol. The molecule has 48 heavy (non-hydrogen) atoms. The molecule has 0 unspecified atom stereocenters. The van der Waals surface area contributed by atoms with E-state index in [0.717, 1.165) is 25.1 Å². The lowest BCUT2D eigenvalue weighted by Crippen LogP contribution is -2.43. The van der Waals surface area contributed by atoms with Crippen LogP contribution in [-0.2, 0) is 4.74 Å². The Morgan fingerprint density at radius 1 is 1.17 bits per heavy atom. The molecule has 3 fully saturated rings. The zero-order valence-corrected chi connectivity index (χ0v) is 28.1. The van der Waals surface area contributed by atoms with Gasteiger partial charge in [-0.2, -0.15) is 4.98 Å².